The molecule has 5 nitrogen and oxygen atoms in total. The van der Waals surface area contributed by atoms with Crippen LogP contribution in [0.1, 0.15) is 37.7 Å². The van der Waals surface area contributed by atoms with Crippen LogP contribution in [0.25, 0.3) is 0 Å². The summed E-state index contributed by atoms with van der Waals surface area (Å²) in [6.07, 6.45) is 1.66. The SMILES string of the molecule is COC(=O)CC[C@]1(C(=O)OCc2ccccc2)CCCC1=O. The van der Waals surface area contributed by atoms with Gasteiger partial charge in [-0.15, -0.1) is 0 Å². The number of rotatable bonds is 6. The van der Waals surface area contributed by atoms with Crippen molar-refractivity contribution in [2.24, 2.45) is 5.41 Å². The van der Waals surface area contributed by atoms with Crippen molar-refractivity contribution >= 4 is 17.7 Å². The van der Waals surface area contributed by atoms with Gasteiger partial charge in [0.2, 0.25) is 0 Å². The van der Waals surface area contributed by atoms with Gasteiger partial charge >= 0.3 is 11.9 Å². The maximum Gasteiger partial charge on any atom is 0.319 e. The smallest absolute Gasteiger partial charge is 0.319 e. The average molecular weight is 304 g/mol. The standard InChI is InChI=1S/C17H20O5/c1-21-15(19)9-11-17(10-5-8-14(17)18)16(20)22-12-13-6-3-2-4-7-13/h2-4,6-7H,5,8-12H2,1H3/t17-/m1/s1. The van der Waals surface area contributed by atoms with E-state index in [1.54, 1.807) is 0 Å². The van der Waals surface area contributed by atoms with Crippen LogP contribution in [0.4, 0.5) is 0 Å². The summed E-state index contributed by atoms with van der Waals surface area (Å²) in [5.41, 5.74) is -0.312. The average Bonchev–Trinajstić information content (AvgIpc) is 2.93. The molecule has 0 bridgehead atoms. The van der Waals surface area contributed by atoms with Gasteiger partial charge in [-0.1, -0.05) is 30.3 Å². The second kappa shape index (κ2) is 7.20. The van der Waals surface area contributed by atoms with Gasteiger partial charge in [-0.3, -0.25) is 14.4 Å². The fraction of sp³-hybridized carbons (Fsp3) is 0.471. The lowest BCUT2D eigenvalue weighted by Gasteiger charge is -2.24. The molecule has 1 aliphatic carbocycles. The number of ketones is 1. The van der Waals surface area contributed by atoms with E-state index in [9.17, 15) is 14.4 Å². The number of benzene rings is 1. The molecule has 1 saturated carbocycles. The van der Waals surface area contributed by atoms with E-state index < -0.39 is 17.4 Å². The van der Waals surface area contributed by atoms with Crippen LogP contribution in [-0.4, -0.2) is 24.8 Å². The van der Waals surface area contributed by atoms with Gasteiger partial charge in [-0.25, -0.2) is 0 Å². The third-order valence-electron chi connectivity index (χ3n) is 4.13. The highest BCUT2D eigenvalue weighted by molar-refractivity contribution is 6.05. The van der Waals surface area contributed by atoms with Crippen molar-refractivity contribution in [3.05, 3.63) is 35.9 Å². The van der Waals surface area contributed by atoms with E-state index in [-0.39, 0.29) is 25.2 Å². The minimum absolute atomic E-state index is 0.0443. The summed E-state index contributed by atoms with van der Waals surface area (Å²) in [7, 11) is 1.29. The molecule has 2 rings (SSSR count). The molecule has 0 unspecified atom stereocenters. The Morgan fingerprint density at radius 1 is 1.23 bits per heavy atom. The molecule has 0 aromatic heterocycles. The molecule has 1 fully saturated rings. The first-order valence-electron chi connectivity index (χ1n) is 7.40. The Labute approximate surface area is 129 Å². The number of hydrogen-bond acceptors (Lipinski definition) is 5. The van der Waals surface area contributed by atoms with E-state index in [1.165, 1.54) is 7.11 Å². The fourth-order valence-electron chi connectivity index (χ4n) is 2.79. The third kappa shape index (κ3) is 3.53. The van der Waals surface area contributed by atoms with Crippen molar-refractivity contribution in [2.75, 3.05) is 7.11 Å². The lowest BCUT2D eigenvalue weighted by molar-refractivity contribution is -0.161. The molecule has 1 aromatic rings. The first-order valence-corrected chi connectivity index (χ1v) is 7.40. The van der Waals surface area contributed by atoms with Crippen molar-refractivity contribution in [3.8, 4) is 0 Å². The van der Waals surface area contributed by atoms with E-state index in [1.807, 2.05) is 30.3 Å². The molecular formula is C17H20O5. The molecule has 22 heavy (non-hydrogen) atoms. The zero-order valence-corrected chi connectivity index (χ0v) is 12.7. The zero-order valence-electron chi connectivity index (χ0n) is 12.7. The second-order valence-electron chi connectivity index (χ2n) is 5.50. The van der Waals surface area contributed by atoms with Crippen molar-refractivity contribution in [3.63, 3.8) is 0 Å². The summed E-state index contributed by atoms with van der Waals surface area (Å²) < 4.78 is 9.94. The Bertz CT molecular complexity index is 551. The molecule has 0 amide bonds. The molecule has 0 N–H and O–H groups in total. The number of carbonyl (C=O) groups excluding carboxylic acids is 3. The summed E-state index contributed by atoms with van der Waals surface area (Å²) in [4.78, 5) is 36.0. The number of hydrogen-bond donors (Lipinski definition) is 0. The van der Waals surface area contributed by atoms with Gasteiger partial charge < -0.3 is 9.47 Å². The number of Topliss-reactive ketones (excluding diaryl/α,β-unsaturated/α-hetero) is 1. The van der Waals surface area contributed by atoms with Gasteiger partial charge in [0.1, 0.15) is 17.8 Å². The molecule has 0 saturated heterocycles. The summed E-state index contributed by atoms with van der Waals surface area (Å²) >= 11 is 0. The maximum atomic E-state index is 12.5. The summed E-state index contributed by atoms with van der Waals surface area (Å²) in [6.45, 7) is 0.132. The van der Waals surface area contributed by atoms with Crippen molar-refractivity contribution < 1.29 is 23.9 Å². The largest absolute Gasteiger partial charge is 0.469 e. The number of esters is 2. The molecule has 5 heteroatoms. The predicted octanol–water partition coefficient (Wildman–Crippen LogP) is 2.42. The monoisotopic (exact) mass is 304 g/mol. The van der Waals surface area contributed by atoms with Gasteiger partial charge in [0.25, 0.3) is 0 Å². The minimum atomic E-state index is -1.18. The van der Waals surface area contributed by atoms with Gasteiger partial charge in [0.05, 0.1) is 7.11 Å². The molecule has 1 aliphatic rings. The van der Waals surface area contributed by atoms with Crippen molar-refractivity contribution in [2.45, 2.75) is 38.7 Å². The predicted molar refractivity (Wildman–Crippen MR) is 78.8 cm³/mol. The van der Waals surface area contributed by atoms with Crippen LogP contribution in [0.5, 0.6) is 0 Å². The number of methoxy groups -OCH3 is 1. The topological polar surface area (TPSA) is 69.7 Å². The van der Waals surface area contributed by atoms with Crippen LogP contribution in [0.3, 0.4) is 0 Å². The molecule has 0 spiro atoms. The Kier molecular flexibility index (Phi) is 5.31. The molecule has 1 atom stereocenters. The first-order chi connectivity index (χ1) is 10.6. The lowest BCUT2D eigenvalue weighted by Crippen LogP contribution is -2.37. The molecule has 0 radical (unpaired) electrons. The van der Waals surface area contributed by atoms with Crippen molar-refractivity contribution in [1.29, 1.82) is 0 Å². The van der Waals surface area contributed by atoms with Crippen LogP contribution >= 0.6 is 0 Å². The summed E-state index contributed by atoms with van der Waals surface area (Å²) in [5, 5.41) is 0. The van der Waals surface area contributed by atoms with Gasteiger partial charge in [-0.2, -0.15) is 0 Å². The molecule has 118 valence electrons. The van der Waals surface area contributed by atoms with E-state index in [4.69, 9.17) is 4.74 Å². The van der Waals surface area contributed by atoms with Crippen molar-refractivity contribution in [1.82, 2.24) is 0 Å². The second-order valence-corrected chi connectivity index (χ2v) is 5.50. The molecule has 1 aromatic carbocycles. The first kappa shape index (κ1) is 16.2. The Morgan fingerprint density at radius 3 is 2.55 bits per heavy atom. The van der Waals surface area contributed by atoms with E-state index in [2.05, 4.69) is 4.74 Å². The van der Waals surface area contributed by atoms with Crippen LogP contribution in [0, 0.1) is 5.41 Å². The Balaban J connectivity index is 2.03. The van der Waals surface area contributed by atoms with Gasteiger partial charge in [-0.05, 0) is 24.8 Å². The molecule has 0 heterocycles. The van der Waals surface area contributed by atoms with Crippen LogP contribution < -0.4 is 0 Å². The summed E-state index contributed by atoms with van der Waals surface area (Å²) in [6, 6.07) is 9.30. The van der Waals surface area contributed by atoms with Crippen LogP contribution in [0.2, 0.25) is 0 Å². The van der Waals surface area contributed by atoms with E-state index in [0.29, 0.717) is 19.3 Å². The Hall–Kier alpha value is -2.17. The number of carbonyl (C=O) groups is 3. The maximum absolute atomic E-state index is 12.5. The van der Waals surface area contributed by atoms with Crippen LogP contribution in [-0.2, 0) is 30.5 Å². The van der Waals surface area contributed by atoms with E-state index in [0.717, 1.165) is 5.56 Å². The highest BCUT2D eigenvalue weighted by atomic mass is 16.5. The van der Waals surface area contributed by atoms with Gasteiger partial charge in [0.15, 0.2) is 0 Å². The molecule has 0 aliphatic heterocycles. The highest BCUT2D eigenvalue weighted by Crippen LogP contribution is 2.40. The zero-order chi connectivity index (χ0) is 16.0. The van der Waals surface area contributed by atoms with Gasteiger partial charge in [0, 0.05) is 12.8 Å². The lowest BCUT2D eigenvalue weighted by atomic mass is 9.80. The third-order valence-corrected chi connectivity index (χ3v) is 4.13. The number of ether oxygens (including phenoxy) is 2. The fourth-order valence-corrected chi connectivity index (χ4v) is 2.79. The minimum Gasteiger partial charge on any atom is -0.469 e. The van der Waals surface area contributed by atoms with Crippen LogP contribution in [0.15, 0.2) is 30.3 Å². The quantitative estimate of drug-likeness (QED) is 0.596. The molecular weight excluding hydrogens is 284 g/mol. The summed E-state index contributed by atoms with van der Waals surface area (Å²) in [5.74, 6) is -1.08. The normalized spacial score (nSPS) is 20.7. The Morgan fingerprint density at radius 2 is 1.95 bits per heavy atom. The van der Waals surface area contributed by atoms with E-state index >= 15 is 0 Å². The highest BCUT2D eigenvalue weighted by Gasteiger charge is 2.49.